The van der Waals surface area contributed by atoms with E-state index >= 15 is 0 Å². The Morgan fingerprint density at radius 1 is 1.14 bits per heavy atom. The van der Waals surface area contributed by atoms with E-state index in [4.69, 9.17) is 4.74 Å². The van der Waals surface area contributed by atoms with Crippen molar-refractivity contribution in [2.24, 2.45) is 4.99 Å². The summed E-state index contributed by atoms with van der Waals surface area (Å²) in [4.78, 5) is 12.7. The SMILES string of the molecule is CN=C(NCc1cccnc1N1CCOCC1)NCC1(Sc2ccccc2)CC1. The minimum absolute atomic E-state index is 0.284. The fourth-order valence-corrected chi connectivity index (χ4v) is 4.71. The molecule has 0 amide bonds. The number of pyridine rings is 1. The van der Waals surface area contributed by atoms with Crippen LogP contribution < -0.4 is 15.5 Å². The third-order valence-electron chi connectivity index (χ3n) is 5.31. The number of anilines is 1. The Morgan fingerprint density at radius 3 is 2.66 bits per heavy atom. The first-order valence-electron chi connectivity index (χ1n) is 10.2. The Labute approximate surface area is 177 Å². The molecule has 0 spiro atoms. The lowest BCUT2D eigenvalue weighted by molar-refractivity contribution is 0.122. The number of hydrogen-bond acceptors (Lipinski definition) is 5. The maximum atomic E-state index is 5.47. The standard InChI is InChI=1S/C22H29N5OS/c1-23-21(26-17-22(9-10-22)29-19-7-3-2-4-8-19)25-16-18-6-5-11-24-20(18)27-12-14-28-15-13-27/h2-8,11H,9-10,12-17H2,1H3,(H2,23,25,26). The molecule has 2 aromatic rings. The highest BCUT2D eigenvalue weighted by Crippen LogP contribution is 2.51. The van der Waals surface area contributed by atoms with Crippen LogP contribution in [0.1, 0.15) is 18.4 Å². The molecule has 0 radical (unpaired) electrons. The zero-order valence-corrected chi connectivity index (χ0v) is 17.8. The zero-order chi connectivity index (χ0) is 19.9. The first-order valence-corrected chi connectivity index (χ1v) is 11.0. The Kier molecular flexibility index (Phi) is 6.56. The van der Waals surface area contributed by atoms with Crippen LogP contribution in [0, 0.1) is 0 Å². The van der Waals surface area contributed by atoms with E-state index in [1.54, 1.807) is 0 Å². The first-order chi connectivity index (χ1) is 14.3. The van der Waals surface area contributed by atoms with E-state index in [9.17, 15) is 0 Å². The van der Waals surface area contributed by atoms with Crippen LogP contribution in [0.3, 0.4) is 0 Å². The molecule has 1 aromatic heterocycles. The molecule has 4 rings (SSSR count). The molecule has 1 aliphatic carbocycles. The molecule has 7 heteroatoms. The van der Waals surface area contributed by atoms with Crippen molar-refractivity contribution in [2.75, 3.05) is 44.8 Å². The van der Waals surface area contributed by atoms with Crippen LogP contribution in [0.2, 0.25) is 0 Å². The average molecular weight is 412 g/mol. The minimum atomic E-state index is 0.284. The maximum absolute atomic E-state index is 5.47. The minimum Gasteiger partial charge on any atom is -0.378 e. The van der Waals surface area contributed by atoms with E-state index < -0.39 is 0 Å². The van der Waals surface area contributed by atoms with Gasteiger partial charge in [0.15, 0.2) is 5.96 Å². The van der Waals surface area contributed by atoms with Gasteiger partial charge in [-0.3, -0.25) is 4.99 Å². The summed E-state index contributed by atoms with van der Waals surface area (Å²) in [5.74, 6) is 1.87. The molecule has 1 saturated heterocycles. The van der Waals surface area contributed by atoms with Crippen molar-refractivity contribution >= 4 is 23.5 Å². The molecule has 0 bridgehead atoms. The smallest absolute Gasteiger partial charge is 0.191 e. The van der Waals surface area contributed by atoms with Gasteiger partial charge in [-0.05, 0) is 31.0 Å². The number of guanidine groups is 1. The number of nitrogens with one attached hydrogen (secondary N) is 2. The van der Waals surface area contributed by atoms with Gasteiger partial charge in [0.1, 0.15) is 5.82 Å². The number of aliphatic imine (C=N–C) groups is 1. The molecule has 1 aromatic carbocycles. The predicted molar refractivity (Wildman–Crippen MR) is 120 cm³/mol. The molecule has 6 nitrogen and oxygen atoms in total. The summed E-state index contributed by atoms with van der Waals surface area (Å²) in [5.41, 5.74) is 1.18. The summed E-state index contributed by atoms with van der Waals surface area (Å²) >= 11 is 1.97. The van der Waals surface area contributed by atoms with Crippen LogP contribution in [0.5, 0.6) is 0 Å². The molecule has 1 aliphatic heterocycles. The fourth-order valence-electron chi connectivity index (χ4n) is 3.47. The Morgan fingerprint density at radius 2 is 1.93 bits per heavy atom. The summed E-state index contributed by atoms with van der Waals surface area (Å²) in [6.45, 7) is 4.89. The van der Waals surface area contributed by atoms with E-state index in [1.165, 1.54) is 23.3 Å². The maximum Gasteiger partial charge on any atom is 0.191 e. The van der Waals surface area contributed by atoms with Crippen molar-refractivity contribution in [3.05, 3.63) is 54.2 Å². The van der Waals surface area contributed by atoms with E-state index in [2.05, 4.69) is 61.9 Å². The van der Waals surface area contributed by atoms with Gasteiger partial charge in [-0.1, -0.05) is 24.3 Å². The van der Waals surface area contributed by atoms with Crippen molar-refractivity contribution in [1.82, 2.24) is 15.6 Å². The second-order valence-corrected chi connectivity index (χ2v) is 9.00. The van der Waals surface area contributed by atoms with Gasteiger partial charge in [-0.25, -0.2) is 4.98 Å². The second-order valence-electron chi connectivity index (χ2n) is 7.46. The molecule has 2 fully saturated rings. The van der Waals surface area contributed by atoms with Crippen LogP contribution in [-0.4, -0.2) is 55.6 Å². The van der Waals surface area contributed by atoms with Crippen molar-refractivity contribution in [2.45, 2.75) is 29.0 Å². The molecule has 1 saturated carbocycles. The number of nitrogens with zero attached hydrogens (tertiary/aromatic N) is 3. The summed E-state index contributed by atoms with van der Waals surface area (Å²) in [6, 6.07) is 14.8. The molecule has 0 atom stereocenters. The Hall–Kier alpha value is -2.25. The normalized spacial score (nSPS) is 18.4. The molecule has 0 unspecified atom stereocenters. The monoisotopic (exact) mass is 411 g/mol. The molecule has 2 heterocycles. The number of ether oxygens (including phenoxy) is 1. The highest BCUT2D eigenvalue weighted by molar-refractivity contribution is 8.01. The van der Waals surface area contributed by atoms with Gasteiger partial charge in [0.05, 0.1) is 13.2 Å². The van der Waals surface area contributed by atoms with E-state index in [0.29, 0.717) is 6.54 Å². The average Bonchev–Trinajstić information content (AvgIpc) is 3.55. The van der Waals surface area contributed by atoms with Crippen molar-refractivity contribution in [3.8, 4) is 0 Å². The Balaban J connectivity index is 1.31. The van der Waals surface area contributed by atoms with Gasteiger partial charge < -0.3 is 20.3 Å². The molecule has 154 valence electrons. The van der Waals surface area contributed by atoms with E-state index in [-0.39, 0.29) is 4.75 Å². The lowest BCUT2D eigenvalue weighted by atomic mass is 10.2. The van der Waals surface area contributed by atoms with Crippen molar-refractivity contribution in [3.63, 3.8) is 0 Å². The number of morpholine rings is 1. The zero-order valence-electron chi connectivity index (χ0n) is 16.9. The molecular formula is C22H29N5OS. The second kappa shape index (κ2) is 9.50. The quantitative estimate of drug-likeness (QED) is 0.540. The summed E-state index contributed by atoms with van der Waals surface area (Å²) in [5, 5.41) is 6.99. The van der Waals surface area contributed by atoms with Gasteiger partial charge in [0.2, 0.25) is 0 Å². The number of benzene rings is 1. The van der Waals surface area contributed by atoms with Crippen LogP contribution >= 0.6 is 11.8 Å². The topological polar surface area (TPSA) is 61.8 Å². The predicted octanol–water partition coefficient (Wildman–Crippen LogP) is 2.91. The van der Waals surface area contributed by atoms with Crippen LogP contribution in [0.4, 0.5) is 5.82 Å². The number of thioether (sulfide) groups is 1. The summed E-state index contributed by atoms with van der Waals surface area (Å²) in [6.07, 6.45) is 4.33. The number of rotatable bonds is 7. The molecule has 29 heavy (non-hydrogen) atoms. The largest absolute Gasteiger partial charge is 0.378 e. The molecule has 2 N–H and O–H groups in total. The van der Waals surface area contributed by atoms with Crippen LogP contribution in [0.25, 0.3) is 0 Å². The summed E-state index contributed by atoms with van der Waals surface area (Å²) in [7, 11) is 1.82. The third kappa shape index (κ3) is 5.42. The van der Waals surface area contributed by atoms with Crippen molar-refractivity contribution < 1.29 is 4.74 Å². The lowest BCUT2D eigenvalue weighted by Crippen LogP contribution is -2.41. The van der Waals surface area contributed by atoms with Crippen LogP contribution in [-0.2, 0) is 11.3 Å². The highest BCUT2D eigenvalue weighted by atomic mass is 32.2. The Bertz CT molecular complexity index is 819. The van der Waals surface area contributed by atoms with E-state index in [1.807, 2.05) is 31.1 Å². The molecular weight excluding hydrogens is 382 g/mol. The van der Waals surface area contributed by atoms with E-state index in [0.717, 1.165) is 44.6 Å². The van der Waals surface area contributed by atoms with Gasteiger partial charge in [-0.15, -0.1) is 11.8 Å². The number of aromatic nitrogens is 1. The van der Waals surface area contributed by atoms with Gasteiger partial charge >= 0.3 is 0 Å². The van der Waals surface area contributed by atoms with Gasteiger partial charge in [0.25, 0.3) is 0 Å². The molecule has 2 aliphatic rings. The summed E-state index contributed by atoms with van der Waals surface area (Å²) < 4.78 is 5.76. The number of hydrogen-bond donors (Lipinski definition) is 2. The first kappa shape index (κ1) is 20.0. The highest BCUT2D eigenvalue weighted by Gasteiger charge is 2.43. The van der Waals surface area contributed by atoms with Gasteiger partial charge in [-0.2, -0.15) is 0 Å². The fraction of sp³-hybridized carbons (Fsp3) is 0.455. The van der Waals surface area contributed by atoms with Crippen molar-refractivity contribution in [1.29, 1.82) is 0 Å². The van der Waals surface area contributed by atoms with Gasteiger partial charge in [0, 0.05) is 54.6 Å². The van der Waals surface area contributed by atoms with Crippen LogP contribution in [0.15, 0.2) is 58.5 Å². The third-order valence-corrected chi connectivity index (χ3v) is 6.80. The lowest BCUT2D eigenvalue weighted by Gasteiger charge is -2.29.